The number of benzene rings is 1. The first-order chi connectivity index (χ1) is 9.49. The van der Waals surface area contributed by atoms with E-state index in [-0.39, 0.29) is 19.8 Å². The molecule has 0 aromatic heterocycles. The molecule has 0 bridgehead atoms. The first-order valence-corrected chi connectivity index (χ1v) is 6.13. The molecule has 1 aliphatic heterocycles. The van der Waals surface area contributed by atoms with Crippen LogP contribution in [-0.4, -0.2) is 47.8 Å². The predicted octanol–water partition coefficient (Wildman–Crippen LogP) is 1.45. The Hall–Kier alpha value is -2.15. The van der Waals surface area contributed by atoms with Crippen molar-refractivity contribution in [1.82, 2.24) is 4.90 Å². The Morgan fingerprint density at radius 1 is 1.50 bits per heavy atom. The zero-order chi connectivity index (χ0) is 14.7. The number of hydrogen-bond donors (Lipinski definition) is 2. The van der Waals surface area contributed by atoms with Gasteiger partial charge in [-0.3, -0.25) is 0 Å². The fraction of sp³-hybridized carbons (Fsp3) is 0.385. The summed E-state index contributed by atoms with van der Waals surface area (Å²) in [5.74, 6) is -1.60. The number of carbonyl (C=O) groups excluding carboxylic acids is 1. The maximum absolute atomic E-state index is 13.2. The number of aliphatic carboxylic acids is 1. The molecule has 6 nitrogen and oxygen atoms in total. The zero-order valence-electron chi connectivity index (χ0n) is 10.9. The largest absolute Gasteiger partial charge is 0.480 e. The van der Waals surface area contributed by atoms with Crippen LogP contribution in [0.25, 0.3) is 0 Å². The van der Waals surface area contributed by atoms with Crippen LogP contribution < -0.4 is 5.32 Å². The highest BCUT2D eigenvalue weighted by molar-refractivity contribution is 5.93. The van der Waals surface area contributed by atoms with Gasteiger partial charge in [0, 0.05) is 12.2 Å². The molecule has 1 aromatic carbocycles. The van der Waals surface area contributed by atoms with Crippen molar-refractivity contribution in [3.63, 3.8) is 0 Å². The van der Waals surface area contributed by atoms with E-state index in [4.69, 9.17) is 9.84 Å². The number of nitrogens with zero attached hydrogens (tertiary/aromatic N) is 1. The number of carbonyl (C=O) groups is 2. The summed E-state index contributed by atoms with van der Waals surface area (Å²) in [6.45, 7) is 2.13. The number of aryl methyl sites for hydroxylation is 1. The molecule has 1 atom stereocenters. The van der Waals surface area contributed by atoms with Gasteiger partial charge in [0.15, 0.2) is 6.04 Å². The molecule has 1 heterocycles. The normalized spacial score (nSPS) is 18.7. The van der Waals surface area contributed by atoms with E-state index in [0.717, 1.165) is 0 Å². The van der Waals surface area contributed by atoms with Crippen LogP contribution in [0.5, 0.6) is 0 Å². The second-order valence-corrected chi connectivity index (χ2v) is 4.51. The number of amides is 2. The van der Waals surface area contributed by atoms with Crippen LogP contribution in [0.15, 0.2) is 18.2 Å². The number of nitrogens with one attached hydrogen (secondary N) is 1. The summed E-state index contributed by atoms with van der Waals surface area (Å²) >= 11 is 0. The molecule has 0 aliphatic carbocycles. The third-order valence-electron chi connectivity index (χ3n) is 3.12. The van der Waals surface area contributed by atoms with Crippen molar-refractivity contribution in [1.29, 1.82) is 0 Å². The number of morpholine rings is 1. The summed E-state index contributed by atoms with van der Waals surface area (Å²) in [5, 5.41) is 11.6. The summed E-state index contributed by atoms with van der Waals surface area (Å²) in [7, 11) is 0. The van der Waals surface area contributed by atoms with Gasteiger partial charge in [-0.05, 0) is 24.6 Å². The first kappa shape index (κ1) is 14.3. The molecule has 1 unspecified atom stereocenters. The Labute approximate surface area is 115 Å². The lowest BCUT2D eigenvalue weighted by molar-refractivity contribution is -0.147. The number of halogens is 1. The van der Waals surface area contributed by atoms with E-state index >= 15 is 0 Å². The second kappa shape index (κ2) is 5.87. The lowest BCUT2D eigenvalue weighted by Gasteiger charge is -2.32. The van der Waals surface area contributed by atoms with Gasteiger partial charge in [-0.25, -0.2) is 14.0 Å². The van der Waals surface area contributed by atoms with Crippen LogP contribution in [0, 0.1) is 12.7 Å². The highest BCUT2D eigenvalue weighted by atomic mass is 19.1. The molecule has 0 saturated carbocycles. The van der Waals surface area contributed by atoms with Crippen LogP contribution in [0.4, 0.5) is 14.9 Å². The Morgan fingerprint density at radius 3 is 2.95 bits per heavy atom. The minimum atomic E-state index is -1.13. The highest BCUT2D eigenvalue weighted by Gasteiger charge is 2.32. The van der Waals surface area contributed by atoms with Crippen LogP contribution in [0.2, 0.25) is 0 Å². The third-order valence-corrected chi connectivity index (χ3v) is 3.12. The highest BCUT2D eigenvalue weighted by Crippen LogP contribution is 2.18. The molecular formula is C13H15FN2O4. The first-order valence-electron chi connectivity index (χ1n) is 6.13. The lowest BCUT2D eigenvalue weighted by Crippen LogP contribution is -2.54. The van der Waals surface area contributed by atoms with Gasteiger partial charge in [0.05, 0.1) is 13.2 Å². The summed E-state index contributed by atoms with van der Waals surface area (Å²) in [6.07, 6.45) is 0. The van der Waals surface area contributed by atoms with E-state index < -0.39 is 23.9 Å². The van der Waals surface area contributed by atoms with Crippen molar-refractivity contribution in [2.24, 2.45) is 0 Å². The number of anilines is 1. The van der Waals surface area contributed by atoms with E-state index in [1.54, 1.807) is 13.0 Å². The quantitative estimate of drug-likeness (QED) is 0.860. The molecule has 0 spiro atoms. The average molecular weight is 282 g/mol. The molecule has 7 heteroatoms. The Bertz CT molecular complexity index is 535. The fourth-order valence-corrected chi connectivity index (χ4v) is 1.97. The molecule has 108 valence electrons. The van der Waals surface area contributed by atoms with Gasteiger partial charge in [-0.1, -0.05) is 6.07 Å². The maximum atomic E-state index is 13.2. The number of carboxylic acids is 1. The number of urea groups is 1. The van der Waals surface area contributed by atoms with Crippen LogP contribution in [0.1, 0.15) is 5.56 Å². The van der Waals surface area contributed by atoms with Crippen molar-refractivity contribution in [2.75, 3.05) is 25.1 Å². The third kappa shape index (κ3) is 3.05. The van der Waals surface area contributed by atoms with Gasteiger partial charge < -0.3 is 20.1 Å². The van der Waals surface area contributed by atoms with E-state index in [9.17, 15) is 14.0 Å². The molecule has 2 rings (SSSR count). The Morgan fingerprint density at radius 2 is 2.25 bits per heavy atom. The molecule has 0 radical (unpaired) electrons. The molecule has 1 aromatic rings. The lowest BCUT2D eigenvalue weighted by atomic mass is 10.2. The van der Waals surface area contributed by atoms with Crippen LogP contribution in [0.3, 0.4) is 0 Å². The van der Waals surface area contributed by atoms with Crippen molar-refractivity contribution in [3.05, 3.63) is 29.6 Å². The van der Waals surface area contributed by atoms with E-state index in [2.05, 4.69) is 5.32 Å². The van der Waals surface area contributed by atoms with Crippen molar-refractivity contribution in [3.8, 4) is 0 Å². The predicted molar refractivity (Wildman–Crippen MR) is 69.1 cm³/mol. The molecule has 20 heavy (non-hydrogen) atoms. The fourth-order valence-electron chi connectivity index (χ4n) is 1.97. The molecular weight excluding hydrogens is 267 g/mol. The SMILES string of the molecule is Cc1ccc(F)cc1NC(=O)N1CCOCC1C(=O)O. The number of hydrogen-bond acceptors (Lipinski definition) is 3. The van der Waals surface area contributed by atoms with Crippen LogP contribution >= 0.6 is 0 Å². The van der Waals surface area contributed by atoms with E-state index in [1.807, 2.05) is 0 Å². The number of carboxylic acid groups (broad SMARTS) is 1. The smallest absolute Gasteiger partial charge is 0.328 e. The standard InChI is InChI=1S/C13H15FN2O4/c1-8-2-3-9(14)6-10(8)15-13(19)16-4-5-20-7-11(16)12(17)18/h2-3,6,11H,4-5,7H2,1H3,(H,15,19)(H,17,18). The average Bonchev–Trinajstić information content (AvgIpc) is 2.42. The molecule has 1 aliphatic rings. The van der Waals surface area contributed by atoms with Gasteiger partial charge in [0.2, 0.25) is 0 Å². The van der Waals surface area contributed by atoms with Crippen molar-refractivity contribution >= 4 is 17.7 Å². The van der Waals surface area contributed by atoms with Gasteiger partial charge in [0.1, 0.15) is 5.82 Å². The number of ether oxygens (including phenoxy) is 1. The number of rotatable bonds is 2. The van der Waals surface area contributed by atoms with E-state index in [1.165, 1.54) is 17.0 Å². The summed E-state index contributed by atoms with van der Waals surface area (Å²) in [5.41, 5.74) is 1.02. The van der Waals surface area contributed by atoms with E-state index in [0.29, 0.717) is 11.3 Å². The minimum Gasteiger partial charge on any atom is -0.480 e. The van der Waals surface area contributed by atoms with Crippen LogP contribution in [-0.2, 0) is 9.53 Å². The summed E-state index contributed by atoms with van der Waals surface area (Å²) in [6, 6.07) is 2.43. The summed E-state index contributed by atoms with van der Waals surface area (Å²) in [4.78, 5) is 24.4. The Balaban J connectivity index is 2.14. The maximum Gasteiger partial charge on any atom is 0.328 e. The minimum absolute atomic E-state index is 0.0507. The monoisotopic (exact) mass is 282 g/mol. The Kier molecular flexibility index (Phi) is 4.19. The van der Waals surface area contributed by atoms with Crippen molar-refractivity contribution < 1.29 is 23.8 Å². The van der Waals surface area contributed by atoms with Gasteiger partial charge in [0.25, 0.3) is 0 Å². The zero-order valence-corrected chi connectivity index (χ0v) is 10.9. The van der Waals surface area contributed by atoms with Crippen molar-refractivity contribution in [2.45, 2.75) is 13.0 Å². The van der Waals surface area contributed by atoms with Gasteiger partial charge >= 0.3 is 12.0 Å². The summed E-state index contributed by atoms with van der Waals surface area (Å²) < 4.78 is 18.2. The van der Waals surface area contributed by atoms with Gasteiger partial charge in [-0.15, -0.1) is 0 Å². The van der Waals surface area contributed by atoms with Gasteiger partial charge in [-0.2, -0.15) is 0 Å². The molecule has 1 fully saturated rings. The molecule has 2 N–H and O–H groups in total. The molecule has 1 saturated heterocycles. The molecule has 2 amide bonds. The second-order valence-electron chi connectivity index (χ2n) is 4.51. The topological polar surface area (TPSA) is 78.9 Å².